The van der Waals surface area contributed by atoms with Crippen molar-refractivity contribution in [1.29, 1.82) is 0 Å². The molecule has 4 N–H and O–H groups in total. The summed E-state index contributed by atoms with van der Waals surface area (Å²) in [5.74, 6) is -0.0627. The summed E-state index contributed by atoms with van der Waals surface area (Å²) in [6, 6.07) is 4.94. The van der Waals surface area contributed by atoms with Gasteiger partial charge < -0.3 is 21.1 Å². The number of aromatic nitrogens is 1. The van der Waals surface area contributed by atoms with E-state index in [1.165, 1.54) is 18.4 Å². The van der Waals surface area contributed by atoms with Crippen molar-refractivity contribution in [3.8, 4) is 5.75 Å². The van der Waals surface area contributed by atoms with Crippen molar-refractivity contribution < 1.29 is 14.3 Å². The van der Waals surface area contributed by atoms with Gasteiger partial charge in [0.2, 0.25) is 5.91 Å². The van der Waals surface area contributed by atoms with Gasteiger partial charge in [-0.25, -0.2) is 4.98 Å². The maximum absolute atomic E-state index is 12.0. The highest BCUT2D eigenvalue weighted by Crippen LogP contribution is 2.27. The summed E-state index contributed by atoms with van der Waals surface area (Å²) in [4.78, 5) is 28.2. The van der Waals surface area contributed by atoms with Crippen LogP contribution in [0.15, 0.2) is 23.6 Å². The van der Waals surface area contributed by atoms with E-state index in [0.717, 1.165) is 5.01 Å². The summed E-state index contributed by atoms with van der Waals surface area (Å²) < 4.78 is 5.16. The van der Waals surface area contributed by atoms with Gasteiger partial charge in [0.25, 0.3) is 5.91 Å². The Kier molecular flexibility index (Phi) is 9.36. The molecule has 2 rings (SSSR count). The maximum atomic E-state index is 12.0. The first-order chi connectivity index (χ1) is 12.0. The Morgan fingerprint density at radius 1 is 1.38 bits per heavy atom. The van der Waals surface area contributed by atoms with Crippen LogP contribution in [0.5, 0.6) is 5.75 Å². The molecule has 2 amide bonds. The molecule has 1 aromatic carbocycles. The number of nitrogens with one attached hydrogen (secondary N) is 2. The first kappa shape index (κ1) is 22.2. The lowest BCUT2D eigenvalue weighted by Crippen LogP contribution is -2.28. The van der Waals surface area contributed by atoms with E-state index < -0.39 is 0 Å². The third-order valence-electron chi connectivity index (χ3n) is 3.22. The van der Waals surface area contributed by atoms with Crippen LogP contribution in [0.1, 0.15) is 21.9 Å². The van der Waals surface area contributed by atoms with Gasteiger partial charge in [0.15, 0.2) is 0 Å². The molecule has 0 fully saturated rings. The number of carbonyl (C=O) groups excluding carboxylic acids is 2. The van der Waals surface area contributed by atoms with Crippen LogP contribution in [0.25, 0.3) is 0 Å². The molecule has 0 aliphatic heterocycles. The Morgan fingerprint density at radius 3 is 2.85 bits per heavy atom. The number of hydrogen-bond acceptors (Lipinski definition) is 6. The van der Waals surface area contributed by atoms with Crippen molar-refractivity contribution in [3.05, 3.63) is 39.3 Å². The number of benzene rings is 1. The zero-order valence-electron chi connectivity index (χ0n) is 14.1. The van der Waals surface area contributed by atoms with E-state index in [4.69, 9.17) is 22.1 Å². The van der Waals surface area contributed by atoms with E-state index in [1.807, 2.05) is 0 Å². The second kappa shape index (κ2) is 11.0. The third kappa shape index (κ3) is 6.45. The molecule has 0 spiro atoms. The van der Waals surface area contributed by atoms with Gasteiger partial charge in [0.05, 0.1) is 17.8 Å². The summed E-state index contributed by atoms with van der Waals surface area (Å²) in [6.45, 7) is 0.680. The zero-order chi connectivity index (χ0) is 18.2. The number of ether oxygens (including phenoxy) is 1. The molecule has 2 aromatic rings. The molecule has 26 heavy (non-hydrogen) atoms. The fourth-order valence-corrected chi connectivity index (χ4v) is 2.99. The van der Waals surface area contributed by atoms with Crippen LogP contribution in [0.4, 0.5) is 5.69 Å². The highest BCUT2D eigenvalue weighted by atomic mass is 35.5. The number of methoxy groups -OCH3 is 1. The first-order valence-electron chi connectivity index (χ1n) is 7.59. The van der Waals surface area contributed by atoms with Gasteiger partial charge >= 0.3 is 0 Å². The van der Waals surface area contributed by atoms with Crippen LogP contribution in [-0.4, -0.2) is 37.0 Å². The summed E-state index contributed by atoms with van der Waals surface area (Å²) >= 11 is 7.31. The number of nitrogens with zero attached hydrogens (tertiary/aromatic N) is 1. The Balaban J connectivity index is 0.00000338. The number of carbonyl (C=O) groups is 2. The van der Waals surface area contributed by atoms with Crippen molar-refractivity contribution in [2.75, 3.05) is 25.5 Å². The van der Waals surface area contributed by atoms with E-state index in [0.29, 0.717) is 35.1 Å². The van der Waals surface area contributed by atoms with Crippen LogP contribution in [0.3, 0.4) is 0 Å². The van der Waals surface area contributed by atoms with Gasteiger partial charge in [0.1, 0.15) is 11.4 Å². The van der Waals surface area contributed by atoms with Gasteiger partial charge in [-0.1, -0.05) is 11.6 Å². The number of amides is 2. The number of thiazole rings is 1. The minimum atomic E-state index is -0.312. The molecular formula is C16H20Cl2N4O3S. The predicted octanol–water partition coefficient (Wildman–Crippen LogP) is 2.49. The molecule has 0 radical (unpaired) electrons. The largest absolute Gasteiger partial charge is 0.495 e. The molecule has 0 unspecified atom stereocenters. The monoisotopic (exact) mass is 418 g/mol. The lowest BCUT2D eigenvalue weighted by molar-refractivity contribution is -0.116. The average Bonchev–Trinajstić information content (AvgIpc) is 3.04. The van der Waals surface area contributed by atoms with Crippen molar-refractivity contribution >= 4 is 52.8 Å². The van der Waals surface area contributed by atoms with Gasteiger partial charge in [-0.15, -0.1) is 23.7 Å². The van der Waals surface area contributed by atoms with Crippen molar-refractivity contribution in [1.82, 2.24) is 10.3 Å². The third-order valence-corrected chi connectivity index (χ3v) is 4.36. The number of halogens is 2. The highest BCUT2D eigenvalue weighted by Gasteiger charge is 2.12. The Labute approximate surface area is 166 Å². The average molecular weight is 419 g/mol. The number of anilines is 1. The van der Waals surface area contributed by atoms with Crippen LogP contribution in [0, 0.1) is 0 Å². The summed E-state index contributed by atoms with van der Waals surface area (Å²) in [5.41, 5.74) is 6.28. The minimum absolute atomic E-state index is 0. The van der Waals surface area contributed by atoms with E-state index in [9.17, 15) is 9.59 Å². The second-order valence-electron chi connectivity index (χ2n) is 5.06. The first-order valence-corrected chi connectivity index (χ1v) is 8.85. The topological polar surface area (TPSA) is 106 Å². The smallest absolute Gasteiger partial charge is 0.270 e. The van der Waals surface area contributed by atoms with Crippen LogP contribution in [-0.2, 0) is 11.2 Å². The van der Waals surface area contributed by atoms with Crippen LogP contribution in [0.2, 0.25) is 5.02 Å². The van der Waals surface area contributed by atoms with Crippen molar-refractivity contribution in [2.45, 2.75) is 12.8 Å². The number of nitrogens with two attached hydrogens (primary N) is 1. The Bertz CT molecular complexity index is 755. The molecule has 0 saturated carbocycles. The van der Waals surface area contributed by atoms with Gasteiger partial charge in [-0.2, -0.15) is 0 Å². The van der Waals surface area contributed by atoms with Gasteiger partial charge in [-0.05, 0) is 24.7 Å². The maximum Gasteiger partial charge on any atom is 0.270 e. The number of rotatable bonds is 8. The van der Waals surface area contributed by atoms with E-state index >= 15 is 0 Å². The lowest BCUT2D eigenvalue weighted by atomic mass is 10.2. The Morgan fingerprint density at radius 2 is 2.15 bits per heavy atom. The molecule has 10 heteroatoms. The fourth-order valence-electron chi connectivity index (χ4n) is 2.02. The molecular weight excluding hydrogens is 399 g/mol. The molecule has 1 heterocycles. The van der Waals surface area contributed by atoms with Crippen molar-refractivity contribution in [3.63, 3.8) is 0 Å². The molecule has 0 saturated heterocycles. The standard InChI is InChI=1S/C16H19ClN4O3S.ClH/c1-24-13-3-2-10(17)8-11(13)20-14(22)5-7-19-16(23)12-9-25-15(21-12)4-6-18;/h2-3,8-9H,4-7,18H2,1H3,(H,19,23)(H,20,22);1H. The quantitative estimate of drug-likeness (QED) is 0.610. The molecule has 0 bridgehead atoms. The predicted molar refractivity (Wildman–Crippen MR) is 106 cm³/mol. The number of hydrogen-bond donors (Lipinski definition) is 3. The van der Waals surface area contributed by atoms with E-state index in [2.05, 4.69) is 15.6 Å². The van der Waals surface area contributed by atoms with Crippen molar-refractivity contribution in [2.24, 2.45) is 5.73 Å². The summed E-state index contributed by atoms with van der Waals surface area (Å²) in [7, 11) is 1.51. The SMILES string of the molecule is COc1ccc(Cl)cc1NC(=O)CCNC(=O)c1csc(CCN)n1.Cl. The fraction of sp³-hybridized carbons (Fsp3) is 0.312. The lowest BCUT2D eigenvalue weighted by Gasteiger charge is -2.10. The molecule has 0 aliphatic carbocycles. The van der Waals surface area contributed by atoms with Gasteiger partial charge in [-0.3, -0.25) is 9.59 Å². The zero-order valence-corrected chi connectivity index (χ0v) is 16.5. The molecule has 0 aliphatic rings. The minimum Gasteiger partial charge on any atom is -0.495 e. The molecule has 0 atom stereocenters. The molecule has 7 nitrogen and oxygen atoms in total. The Hall–Kier alpha value is -1.87. The van der Waals surface area contributed by atoms with Gasteiger partial charge in [0, 0.05) is 29.8 Å². The molecule has 1 aromatic heterocycles. The van der Waals surface area contributed by atoms with E-state index in [-0.39, 0.29) is 37.2 Å². The van der Waals surface area contributed by atoms with Crippen LogP contribution < -0.4 is 21.1 Å². The summed E-state index contributed by atoms with van der Waals surface area (Å²) in [6.07, 6.45) is 0.753. The van der Waals surface area contributed by atoms with Crippen LogP contribution >= 0.6 is 35.3 Å². The normalized spacial score (nSPS) is 9.96. The summed E-state index contributed by atoms with van der Waals surface area (Å²) in [5, 5.41) is 8.36. The molecule has 142 valence electrons. The van der Waals surface area contributed by atoms with E-state index in [1.54, 1.807) is 23.6 Å². The second-order valence-corrected chi connectivity index (χ2v) is 6.44. The highest BCUT2D eigenvalue weighted by molar-refractivity contribution is 7.09.